The average Bonchev–Trinajstić information content (AvgIpc) is 2.31. The van der Waals surface area contributed by atoms with Gasteiger partial charge >= 0.3 is 0 Å². The molecule has 0 radical (unpaired) electrons. The van der Waals surface area contributed by atoms with E-state index in [9.17, 15) is 14.3 Å². The number of aldehydes is 1. The summed E-state index contributed by atoms with van der Waals surface area (Å²) >= 11 is 0. The molecule has 2 rings (SSSR count). The summed E-state index contributed by atoms with van der Waals surface area (Å²) in [6.45, 7) is 0. The monoisotopic (exact) mass is 217 g/mol. The van der Waals surface area contributed by atoms with E-state index in [0.29, 0.717) is 17.4 Å². The molecule has 3 nitrogen and oxygen atoms in total. The zero-order valence-corrected chi connectivity index (χ0v) is 8.22. The minimum atomic E-state index is -0.606. The number of pyridine rings is 1. The molecule has 1 aromatic heterocycles. The Morgan fingerprint density at radius 3 is 2.81 bits per heavy atom. The molecule has 16 heavy (non-hydrogen) atoms. The van der Waals surface area contributed by atoms with Crippen molar-refractivity contribution in [2.24, 2.45) is 0 Å². The molecule has 2 aromatic rings. The molecule has 1 N–H and O–H groups in total. The van der Waals surface area contributed by atoms with Gasteiger partial charge in [0.15, 0.2) is 6.29 Å². The number of phenolic OH excluding ortho intramolecular Hbond substituents is 1. The molecule has 0 aliphatic heterocycles. The lowest BCUT2D eigenvalue weighted by Gasteiger charge is -2.04. The van der Waals surface area contributed by atoms with Gasteiger partial charge < -0.3 is 5.11 Å². The van der Waals surface area contributed by atoms with E-state index in [4.69, 9.17) is 0 Å². The molecule has 80 valence electrons. The van der Waals surface area contributed by atoms with Crippen LogP contribution in [0.25, 0.3) is 11.1 Å². The van der Waals surface area contributed by atoms with Gasteiger partial charge in [-0.05, 0) is 29.8 Å². The Morgan fingerprint density at radius 1 is 1.31 bits per heavy atom. The second kappa shape index (κ2) is 4.10. The smallest absolute Gasteiger partial charge is 0.220 e. The largest absolute Gasteiger partial charge is 0.507 e. The van der Waals surface area contributed by atoms with Gasteiger partial charge in [0.1, 0.15) is 5.75 Å². The molecule has 4 heteroatoms. The number of carbonyl (C=O) groups is 1. The number of halogens is 1. The number of aromatic nitrogens is 1. The highest BCUT2D eigenvalue weighted by Gasteiger charge is 2.07. The lowest BCUT2D eigenvalue weighted by Crippen LogP contribution is -1.89. The Kier molecular flexibility index (Phi) is 2.64. The number of carbonyl (C=O) groups excluding carboxylic acids is 1. The lowest BCUT2D eigenvalue weighted by molar-refractivity contribution is 0.112. The minimum Gasteiger partial charge on any atom is -0.507 e. The molecule has 0 bridgehead atoms. The number of nitrogens with zero attached hydrogens (tertiary/aromatic N) is 1. The number of aromatic hydroxyl groups is 1. The van der Waals surface area contributed by atoms with Crippen molar-refractivity contribution in [3.05, 3.63) is 48.0 Å². The summed E-state index contributed by atoms with van der Waals surface area (Å²) in [4.78, 5) is 14.1. The van der Waals surface area contributed by atoms with Crippen LogP contribution in [-0.4, -0.2) is 16.4 Å². The van der Waals surface area contributed by atoms with Crippen LogP contribution in [0.4, 0.5) is 4.39 Å². The van der Waals surface area contributed by atoms with Crippen LogP contribution in [0.3, 0.4) is 0 Å². The second-order valence-corrected chi connectivity index (χ2v) is 3.23. The van der Waals surface area contributed by atoms with Crippen molar-refractivity contribution in [3.8, 4) is 16.9 Å². The first-order valence-corrected chi connectivity index (χ1v) is 4.61. The molecule has 1 aromatic carbocycles. The maximum Gasteiger partial charge on any atom is 0.220 e. The van der Waals surface area contributed by atoms with E-state index in [1.807, 2.05) is 0 Å². The van der Waals surface area contributed by atoms with Crippen LogP contribution >= 0.6 is 0 Å². The summed E-state index contributed by atoms with van der Waals surface area (Å²) in [6, 6.07) is 7.46. The molecule has 0 saturated carbocycles. The Bertz CT molecular complexity index is 540. The third-order valence-electron chi connectivity index (χ3n) is 2.22. The second-order valence-electron chi connectivity index (χ2n) is 3.23. The van der Waals surface area contributed by atoms with Crippen LogP contribution in [0.1, 0.15) is 10.4 Å². The summed E-state index contributed by atoms with van der Waals surface area (Å²) in [7, 11) is 0. The van der Waals surface area contributed by atoms with Crippen LogP contribution in [0, 0.1) is 5.95 Å². The zero-order valence-electron chi connectivity index (χ0n) is 8.22. The number of rotatable bonds is 2. The predicted molar refractivity (Wildman–Crippen MR) is 56.7 cm³/mol. The highest BCUT2D eigenvalue weighted by Crippen LogP contribution is 2.25. The maximum absolute atomic E-state index is 13.3. The first-order valence-electron chi connectivity index (χ1n) is 4.61. The minimum absolute atomic E-state index is 0.122. The summed E-state index contributed by atoms with van der Waals surface area (Å²) in [5.74, 6) is -0.729. The fraction of sp³-hybridized carbons (Fsp3) is 0. The number of hydrogen-bond acceptors (Lipinski definition) is 3. The molecular weight excluding hydrogens is 209 g/mol. The lowest BCUT2D eigenvalue weighted by atomic mass is 10.0. The summed E-state index contributed by atoms with van der Waals surface area (Å²) in [5.41, 5.74) is 0.928. The van der Waals surface area contributed by atoms with Gasteiger partial charge in [0.25, 0.3) is 0 Å². The van der Waals surface area contributed by atoms with Crippen LogP contribution < -0.4 is 0 Å². The highest BCUT2D eigenvalue weighted by molar-refractivity contribution is 5.82. The first-order chi connectivity index (χ1) is 7.72. The summed E-state index contributed by atoms with van der Waals surface area (Å²) < 4.78 is 13.3. The van der Waals surface area contributed by atoms with Gasteiger partial charge in [-0.3, -0.25) is 4.79 Å². The van der Waals surface area contributed by atoms with Crippen molar-refractivity contribution >= 4 is 6.29 Å². The highest BCUT2D eigenvalue weighted by atomic mass is 19.1. The van der Waals surface area contributed by atoms with E-state index in [1.54, 1.807) is 12.1 Å². The van der Waals surface area contributed by atoms with Crippen LogP contribution in [-0.2, 0) is 0 Å². The third kappa shape index (κ3) is 1.77. The molecule has 0 unspecified atom stereocenters. The normalized spacial score (nSPS) is 10.1. The number of benzene rings is 1. The quantitative estimate of drug-likeness (QED) is 0.620. The van der Waals surface area contributed by atoms with E-state index in [0.717, 1.165) is 0 Å². The Hall–Kier alpha value is -2.23. The summed E-state index contributed by atoms with van der Waals surface area (Å²) in [6.07, 6.45) is 1.87. The number of phenols is 1. The van der Waals surface area contributed by atoms with Crippen molar-refractivity contribution in [1.82, 2.24) is 4.98 Å². The van der Waals surface area contributed by atoms with Crippen LogP contribution in [0.2, 0.25) is 0 Å². The molecule has 0 saturated heterocycles. The van der Waals surface area contributed by atoms with Gasteiger partial charge in [-0.1, -0.05) is 6.07 Å². The van der Waals surface area contributed by atoms with Gasteiger partial charge in [-0.15, -0.1) is 0 Å². The van der Waals surface area contributed by atoms with Crippen molar-refractivity contribution < 1.29 is 14.3 Å². The topological polar surface area (TPSA) is 50.2 Å². The van der Waals surface area contributed by atoms with Crippen molar-refractivity contribution in [3.63, 3.8) is 0 Å². The SMILES string of the molecule is O=Cc1cc(-c2cccnc2F)ccc1O. The van der Waals surface area contributed by atoms with E-state index < -0.39 is 5.95 Å². The molecule has 0 spiro atoms. The van der Waals surface area contributed by atoms with Gasteiger partial charge in [-0.2, -0.15) is 4.39 Å². The third-order valence-corrected chi connectivity index (χ3v) is 2.22. The molecule has 0 fully saturated rings. The Labute approximate surface area is 91.2 Å². The first kappa shape index (κ1) is 10.3. The van der Waals surface area contributed by atoms with E-state index >= 15 is 0 Å². The average molecular weight is 217 g/mol. The Balaban J connectivity index is 2.57. The van der Waals surface area contributed by atoms with Crippen molar-refractivity contribution in [1.29, 1.82) is 0 Å². The molecular formula is C12H8FNO2. The fourth-order valence-corrected chi connectivity index (χ4v) is 1.42. The van der Waals surface area contributed by atoms with E-state index in [2.05, 4.69) is 4.98 Å². The fourth-order valence-electron chi connectivity index (χ4n) is 1.42. The van der Waals surface area contributed by atoms with Crippen LogP contribution in [0.15, 0.2) is 36.5 Å². The predicted octanol–water partition coefficient (Wildman–Crippen LogP) is 2.41. The van der Waals surface area contributed by atoms with Crippen molar-refractivity contribution in [2.75, 3.05) is 0 Å². The molecule has 0 aliphatic rings. The standard InChI is InChI=1S/C12H8FNO2/c13-12-10(2-1-5-14-12)8-3-4-11(16)9(6-8)7-15/h1-7,16H. The summed E-state index contributed by atoms with van der Waals surface area (Å²) in [5, 5.41) is 9.31. The van der Waals surface area contributed by atoms with E-state index in [1.165, 1.54) is 24.4 Å². The number of hydrogen-bond donors (Lipinski definition) is 1. The maximum atomic E-state index is 13.3. The van der Waals surface area contributed by atoms with Gasteiger partial charge in [-0.25, -0.2) is 4.98 Å². The van der Waals surface area contributed by atoms with Gasteiger partial charge in [0, 0.05) is 11.8 Å². The molecule has 0 amide bonds. The van der Waals surface area contributed by atoms with E-state index in [-0.39, 0.29) is 11.3 Å². The van der Waals surface area contributed by atoms with Gasteiger partial charge in [0.2, 0.25) is 5.95 Å². The van der Waals surface area contributed by atoms with Crippen LogP contribution in [0.5, 0.6) is 5.75 Å². The molecule has 1 heterocycles. The zero-order chi connectivity index (χ0) is 11.5. The van der Waals surface area contributed by atoms with Crippen molar-refractivity contribution in [2.45, 2.75) is 0 Å². The molecule has 0 atom stereocenters. The Morgan fingerprint density at radius 2 is 2.12 bits per heavy atom. The van der Waals surface area contributed by atoms with Gasteiger partial charge in [0.05, 0.1) is 5.56 Å². The molecule has 0 aliphatic carbocycles.